The zero-order chi connectivity index (χ0) is 40.3. The van der Waals surface area contributed by atoms with Crippen LogP contribution in [-0.4, -0.2) is 61.6 Å². The van der Waals surface area contributed by atoms with E-state index in [0.717, 1.165) is 33.5 Å². The minimum absolute atomic E-state index is 0.254. The standard InChI is InChI=1S/C23H25N7OS.C17H16N6O2S/c1-14(2)15(3)30-13-26-28-22(30)21-8-17(11-32-21)27-23(31)19-9-18(6-7-24-19)29-10-20(25-12-29)16-4-5-16;18-22-17(25)15-5-11(8-26-15)21-16(24)13-6-12(3-4-19-13)23-7-14(20-9-23)10-1-2-10/h6-16H,4-5H2,1-3H3,(H,27,31);3-10H,1-2,18H2,(H,21,24)(H,22,25)/t15-;/m0./s1. The van der Waals surface area contributed by atoms with E-state index in [4.69, 9.17) is 5.84 Å². The van der Waals surface area contributed by atoms with Crippen molar-refractivity contribution in [3.63, 3.8) is 0 Å². The highest BCUT2D eigenvalue weighted by molar-refractivity contribution is 7.14. The topological polar surface area (TPSA) is 205 Å². The van der Waals surface area contributed by atoms with Crippen LogP contribution in [0.2, 0.25) is 0 Å². The highest BCUT2D eigenvalue weighted by Gasteiger charge is 2.27. The number of nitrogens with one attached hydrogen (secondary N) is 3. The monoisotopic (exact) mass is 815 g/mol. The largest absolute Gasteiger partial charge is 0.320 e. The highest BCUT2D eigenvalue weighted by Crippen LogP contribution is 2.40. The number of carbonyl (C=O) groups is 3. The Kier molecular flexibility index (Phi) is 11.0. The molecule has 2 aliphatic carbocycles. The van der Waals surface area contributed by atoms with Gasteiger partial charge in [0, 0.05) is 53.4 Å². The minimum atomic E-state index is -0.401. The number of aromatic nitrogens is 9. The number of thiophene rings is 2. The van der Waals surface area contributed by atoms with Crippen LogP contribution in [0.1, 0.15) is 106 Å². The van der Waals surface area contributed by atoms with Gasteiger partial charge in [-0.15, -0.1) is 32.9 Å². The molecule has 7 aromatic rings. The second-order valence-corrected chi connectivity index (χ2v) is 16.4. The Morgan fingerprint density at radius 1 is 0.724 bits per heavy atom. The highest BCUT2D eigenvalue weighted by atomic mass is 32.1. The molecule has 0 aromatic carbocycles. The first-order valence-electron chi connectivity index (χ1n) is 18.8. The van der Waals surface area contributed by atoms with Crippen molar-refractivity contribution in [3.8, 4) is 22.1 Å². The predicted octanol–water partition coefficient (Wildman–Crippen LogP) is 7.00. The Bertz CT molecular complexity index is 2580. The maximum absolute atomic E-state index is 12.9. The molecule has 0 unspecified atom stereocenters. The second-order valence-electron chi connectivity index (χ2n) is 14.6. The van der Waals surface area contributed by atoms with Gasteiger partial charge < -0.3 is 24.3 Å². The van der Waals surface area contributed by atoms with Crippen LogP contribution in [0.5, 0.6) is 0 Å². The van der Waals surface area contributed by atoms with E-state index in [-0.39, 0.29) is 23.6 Å². The minimum Gasteiger partial charge on any atom is -0.320 e. The molecule has 0 saturated heterocycles. The first kappa shape index (κ1) is 38.5. The summed E-state index contributed by atoms with van der Waals surface area (Å²) in [6.45, 7) is 6.50. The zero-order valence-electron chi connectivity index (χ0n) is 31.9. The fraction of sp³-hybridized carbons (Fsp3) is 0.275. The number of hydrogen-bond donors (Lipinski definition) is 4. The van der Waals surface area contributed by atoms with E-state index in [1.807, 2.05) is 45.1 Å². The second kappa shape index (κ2) is 16.6. The predicted molar refractivity (Wildman–Crippen MR) is 221 cm³/mol. The summed E-state index contributed by atoms with van der Waals surface area (Å²) >= 11 is 2.72. The molecule has 2 fully saturated rings. The zero-order valence-corrected chi connectivity index (χ0v) is 33.6. The number of hydrogen-bond acceptors (Lipinski definition) is 12. The van der Waals surface area contributed by atoms with Crippen molar-refractivity contribution >= 4 is 51.8 Å². The van der Waals surface area contributed by atoms with Gasteiger partial charge in [0.25, 0.3) is 17.7 Å². The number of anilines is 2. The quantitative estimate of drug-likeness (QED) is 0.0565. The van der Waals surface area contributed by atoms with E-state index in [1.165, 1.54) is 48.4 Å². The van der Waals surface area contributed by atoms with E-state index in [9.17, 15) is 14.4 Å². The van der Waals surface area contributed by atoms with Crippen molar-refractivity contribution in [2.24, 2.45) is 11.8 Å². The summed E-state index contributed by atoms with van der Waals surface area (Å²) < 4.78 is 5.91. The first-order valence-corrected chi connectivity index (χ1v) is 20.6. The molecule has 9 rings (SSSR count). The van der Waals surface area contributed by atoms with Gasteiger partial charge >= 0.3 is 0 Å². The van der Waals surface area contributed by atoms with E-state index in [1.54, 1.807) is 55.0 Å². The van der Waals surface area contributed by atoms with Gasteiger partial charge in [-0.2, -0.15) is 0 Å². The Labute approximate surface area is 341 Å². The molecule has 18 heteroatoms. The lowest BCUT2D eigenvalue weighted by Crippen LogP contribution is -2.29. The first-order chi connectivity index (χ1) is 28.1. The summed E-state index contributed by atoms with van der Waals surface area (Å²) in [5.74, 6) is 6.51. The molecule has 0 radical (unpaired) electrons. The Balaban J connectivity index is 0.000000165. The van der Waals surface area contributed by atoms with Crippen LogP contribution in [0.4, 0.5) is 11.4 Å². The van der Waals surface area contributed by atoms with Gasteiger partial charge in [-0.1, -0.05) is 13.8 Å². The molecule has 58 heavy (non-hydrogen) atoms. The number of nitrogen functional groups attached to an aromatic ring is 1. The number of nitrogens with zero attached hydrogens (tertiary/aromatic N) is 9. The van der Waals surface area contributed by atoms with Crippen LogP contribution in [0.25, 0.3) is 22.1 Å². The van der Waals surface area contributed by atoms with Gasteiger partial charge in [0.05, 0.1) is 56.5 Å². The van der Waals surface area contributed by atoms with E-state index in [2.05, 4.69) is 71.5 Å². The Morgan fingerprint density at radius 3 is 1.81 bits per heavy atom. The number of carbonyl (C=O) groups excluding carboxylic acids is 3. The lowest BCUT2D eigenvalue weighted by atomic mass is 10.1. The van der Waals surface area contributed by atoms with Crippen LogP contribution < -0.4 is 21.9 Å². The average Bonchev–Trinajstić information content (AvgIpc) is 3.84. The van der Waals surface area contributed by atoms with Gasteiger partial charge in [0.2, 0.25) is 0 Å². The van der Waals surface area contributed by atoms with Crippen molar-refractivity contribution < 1.29 is 14.4 Å². The molecule has 0 aliphatic heterocycles. The van der Waals surface area contributed by atoms with E-state index in [0.29, 0.717) is 39.7 Å². The number of pyridine rings is 2. The van der Waals surface area contributed by atoms with E-state index < -0.39 is 5.91 Å². The molecule has 2 aliphatic rings. The smallest absolute Gasteiger partial charge is 0.275 e. The molecule has 3 amide bonds. The van der Waals surface area contributed by atoms with Crippen LogP contribution in [0.3, 0.4) is 0 Å². The third-order valence-electron chi connectivity index (χ3n) is 10.0. The summed E-state index contributed by atoms with van der Waals surface area (Å²) in [7, 11) is 0. The summed E-state index contributed by atoms with van der Waals surface area (Å²) in [6, 6.07) is 10.9. The summed E-state index contributed by atoms with van der Waals surface area (Å²) in [4.78, 5) is 55.4. The number of rotatable bonds is 12. The number of imidazole rings is 2. The van der Waals surface area contributed by atoms with E-state index >= 15 is 0 Å². The van der Waals surface area contributed by atoms with Crippen LogP contribution >= 0.6 is 22.7 Å². The lowest BCUT2D eigenvalue weighted by Gasteiger charge is -2.18. The summed E-state index contributed by atoms with van der Waals surface area (Å²) in [6.07, 6.45) is 17.4. The Morgan fingerprint density at radius 2 is 1.28 bits per heavy atom. The van der Waals surface area contributed by atoms with Crippen LogP contribution in [-0.2, 0) is 0 Å². The van der Waals surface area contributed by atoms with Gasteiger partial charge in [0.15, 0.2) is 5.82 Å². The van der Waals surface area contributed by atoms with Gasteiger partial charge in [-0.25, -0.2) is 15.8 Å². The molecule has 0 bridgehead atoms. The fourth-order valence-corrected chi connectivity index (χ4v) is 7.66. The van der Waals surface area contributed by atoms with Crippen molar-refractivity contribution in [2.45, 2.75) is 64.3 Å². The molecule has 16 nitrogen and oxygen atoms in total. The molecule has 5 N–H and O–H groups in total. The lowest BCUT2D eigenvalue weighted by molar-refractivity contribution is 0.0955. The molecule has 0 spiro atoms. The third-order valence-corrected chi connectivity index (χ3v) is 11.9. The fourth-order valence-electron chi connectivity index (χ4n) is 6.09. The van der Waals surface area contributed by atoms with Gasteiger partial charge in [-0.3, -0.25) is 29.8 Å². The maximum Gasteiger partial charge on any atom is 0.275 e. The third kappa shape index (κ3) is 8.78. The molecule has 7 aromatic heterocycles. The van der Waals surface area contributed by atoms with Crippen molar-refractivity contribution in [3.05, 3.63) is 119 Å². The molecule has 7 heterocycles. The molecular formula is C40H41N13O3S2. The molecule has 2 saturated carbocycles. The van der Waals surface area contributed by atoms with Crippen molar-refractivity contribution in [2.75, 3.05) is 10.6 Å². The normalized spacial score (nSPS) is 14.1. The van der Waals surface area contributed by atoms with Crippen molar-refractivity contribution in [1.82, 2.24) is 49.3 Å². The average molecular weight is 816 g/mol. The molecular weight excluding hydrogens is 775 g/mol. The summed E-state index contributed by atoms with van der Waals surface area (Å²) in [5, 5.41) is 17.6. The van der Waals surface area contributed by atoms with Crippen LogP contribution in [0, 0.1) is 5.92 Å². The number of amides is 3. The van der Waals surface area contributed by atoms with Gasteiger partial charge in [0.1, 0.15) is 17.7 Å². The number of nitrogens with two attached hydrogens (primary N) is 1. The van der Waals surface area contributed by atoms with Crippen molar-refractivity contribution in [1.29, 1.82) is 0 Å². The molecule has 296 valence electrons. The summed E-state index contributed by atoms with van der Waals surface area (Å²) in [5.41, 5.74) is 7.80. The Hall–Kier alpha value is -6.37. The van der Waals surface area contributed by atoms with Crippen LogP contribution in [0.15, 0.2) is 90.9 Å². The van der Waals surface area contributed by atoms with Gasteiger partial charge in [-0.05, 0) is 74.9 Å². The SMILES string of the molecule is CC(C)[C@H](C)n1cnnc1-c1cc(NC(=O)c2cc(-n3cnc(C4CC4)c3)ccn2)cs1.NNC(=O)c1cc(NC(=O)c2cc(-n3cnc(C4CC4)c3)ccn2)cs1. The maximum atomic E-state index is 12.9. The number of hydrazine groups is 1. The molecule has 1 atom stereocenters.